The Morgan fingerprint density at radius 3 is 2.21 bits per heavy atom. The maximum Gasteiger partial charge on any atom is 0.306 e. The first-order valence-electron chi connectivity index (χ1n) is 11.7. The van der Waals surface area contributed by atoms with Crippen molar-refractivity contribution in [2.45, 2.75) is 26.2 Å². The van der Waals surface area contributed by atoms with Crippen LogP contribution in [0.5, 0.6) is 17.2 Å². The van der Waals surface area contributed by atoms with Crippen LogP contribution in [0.1, 0.15) is 24.8 Å². The van der Waals surface area contributed by atoms with E-state index in [0.29, 0.717) is 28.5 Å². The Morgan fingerprint density at radius 2 is 1.53 bits per heavy atom. The number of rotatable bonds is 12. The van der Waals surface area contributed by atoms with Crippen molar-refractivity contribution in [1.82, 2.24) is 0 Å². The lowest BCUT2D eigenvalue weighted by Gasteiger charge is -2.11. The summed E-state index contributed by atoms with van der Waals surface area (Å²) < 4.78 is 16.0. The number of carbonyl (C=O) groups is 3. The third-order valence-corrected chi connectivity index (χ3v) is 5.27. The van der Waals surface area contributed by atoms with Gasteiger partial charge in [-0.25, -0.2) is 0 Å². The molecule has 3 aromatic carbocycles. The van der Waals surface area contributed by atoms with Crippen molar-refractivity contribution in [3.63, 3.8) is 0 Å². The molecule has 11 heteroatoms. The zero-order valence-electron chi connectivity index (χ0n) is 20.9. The third-order valence-electron chi connectivity index (χ3n) is 5.27. The minimum atomic E-state index is -0.638. The molecule has 0 radical (unpaired) electrons. The van der Waals surface area contributed by atoms with Gasteiger partial charge in [0.1, 0.15) is 5.75 Å². The number of nitro benzene ring substituents is 1. The van der Waals surface area contributed by atoms with Crippen LogP contribution in [-0.4, -0.2) is 36.4 Å². The minimum Gasteiger partial charge on any atom is -0.493 e. The molecular weight excluding hydrogens is 494 g/mol. The van der Waals surface area contributed by atoms with E-state index in [4.69, 9.17) is 14.2 Å². The number of ether oxygens (including phenoxy) is 3. The highest BCUT2D eigenvalue weighted by Crippen LogP contribution is 2.31. The molecule has 38 heavy (non-hydrogen) atoms. The highest BCUT2D eigenvalue weighted by Gasteiger charge is 2.14. The number of anilines is 2. The number of benzene rings is 3. The molecule has 0 aliphatic heterocycles. The summed E-state index contributed by atoms with van der Waals surface area (Å²) in [5, 5.41) is 16.2. The molecule has 0 aliphatic rings. The second-order valence-corrected chi connectivity index (χ2v) is 8.15. The van der Waals surface area contributed by atoms with Crippen molar-refractivity contribution in [2.75, 3.05) is 24.4 Å². The summed E-state index contributed by atoms with van der Waals surface area (Å²) in [6.45, 7) is 1.04. The summed E-state index contributed by atoms with van der Waals surface area (Å²) >= 11 is 0. The predicted octanol–water partition coefficient (Wildman–Crippen LogP) is 4.99. The maximum absolute atomic E-state index is 12.2. The highest BCUT2D eigenvalue weighted by atomic mass is 16.6. The average molecular weight is 522 g/mol. The van der Waals surface area contributed by atoms with Gasteiger partial charge in [-0.3, -0.25) is 24.5 Å². The number of nitro groups is 1. The smallest absolute Gasteiger partial charge is 0.306 e. The zero-order valence-corrected chi connectivity index (χ0v) is 20.9. The van der Waals surface area contributed by atoms with Gasteiger partial charge in [-0.2, -0.15) is 0 Å². The molecule has 0 unspecified atom stereocenters. The fourth-order valence-corrected chi connectivity index (χ4v) is 3.35. The molecule has 3 rings (SSSR count). The van der Waals surface area contributed by atoms with Gasteiger partial charge in [-0.05, 0) is 55.8 Å². The Kier molecular flexibility index (Phi) is 9.75. The molecule has 0 atom stereocenters. The summed E-state index contributed by atoms with van der Waals surface area (Å²) in [6.07, 6.45) is 0.252. The molecule has 198 valence electrons. The number of para-hydroxylation sites is 2. The number of aryl methyl sites for hydroxylation is 1. The Hall–Kier alpha value is -4.93. The number of methoxy groups -OCH3 is 1. The van der Waals surface area contributed by atoms with E-state index >= 15 is 0 Å². The second kappa shape index (κ2) is 13.4. The van der Waals surface area contributed by atoms with E-state index in [-0.39, 0.29) is 36.5 Å². The summed E-state index contributed by atoms with van der Waals surface area (Å²) in [7, 11) is 1.56. The lowest BCUT2D eigenvalue weighted by molar-refractivity contribution is -0.385. The van der Waals surface area contributed by atoms with Crippen molar-refractivity contribution in [3.8, 4) is 17.2 Å². The van der Waals surface area contributed by atoms with Crippen LogP contribution >= 0.6 is 0 Å². The molecule has 3 aromatic rings. The van der Waals surface area contributed by atoms with Crippen LogP contribution in [0.4, 0.5) is 17.1 Å². The topological polar surface area (TPSA) is 146 Å². The number of amides is 2. The molecule has 0 bridgehead atoms. The Bertz CT molecular complexity index is 1310. The number of nitrogens with one attached hydrogen (secondary N) is 2. The van der Waals surface area contributed by atoms with E-state index in [1.807, 2.05) is 12.1 Å². The Labute approximate surface area is 218 Å². The van der Waals surface area contributed by atoms with E-state index in [2.05, 4.69) is 10.6 Å². The lowest BCUT2D eigenvalue weighted by Crippen LogP contribution is -2.21. The molecule has 0 saturated heterocycles. The predicted molar refractivity (Wildman–Crippen MR) is 139 cm³/mol. The van der Waals surface area contributed by atoms with Gasteiger partial charge in [-0.1, -0.05) is 18.2 Å². The molecule has 11 nitrogen and oxygen atoms in total. The van der Waals surface area contributed by atoms with Crippen LogP contribution in [0.3, 0.4) is 0 Å². The highest BCUT2D eigenvalue weighted by molar-refractivity contribution is 5.93. The number of nitrogens with zero attached hydrogens (tertiary/aromatic N) is 1. The number of hydrogen-bond acceptors (Lipinski definition) is 8. The maximum atomic E-state index is 12.2. The first-order chi connectivity index (χ1) is 18.2. The van der Waals surface area contributed by atoms with Crippen molar-refractivity contribution in [3.05, 3.63) is 82.4 Å². The molecule has 0 saturated carbocycles. The van der Waals surface area contributed by atoms with Gasteiger partial charge in [0.2, 0.25) is 5.91 Å². The van der Waals surface area contributed by atoms with E-state index in [1.165, 1.54) is 18.2 Å². The first-order valence-corrected chi connectivity index (χ1v) is 11.7. The van der Waals surface area contributed by atoms with E-state index in [1.54, 1.807) is 50.4 Å². The molecule has 0 aliphatic carbocycles. The van der Waals surface area contributed by atoms with Crippen molar-refractivity contribution < 1.29 is 33.5 Å². The van der Waals surface area contributed by atoms with E-state index < -0.39 is 23.4 Å². The van der Waals surface area contributed by atoms with Gasteiger partial charge >= 0.3 is 5.97 Å². The van der Waals surface area contributed by atoms with Crippen molar-refractivity contribution >= 4 is 34.8 Å². The number of esters is 1. The van der Waals surface area contributed by atoms with E-state index in [0.717, 1.165) is 0 Å². The van der Waals surface area contributed by atoms with Gasteiger partial charge in [0, 0.05) is 35.8 Å². The molecular formula is C27H27N3O8. The zero-order chi connectivity index (χ0) is 27.5. The second-order valence-electron chi connectivity index (χ2n) is 8.15. The number of carbonyl (C=O) groups excluding carboxylic acids is 3. The normalized spacial score (nSPS) is 10.3. The van der Waals surface area contributed by atoms with Crippen LogP contribution in [0.15, 0.2) is 66.7 Å². The molecule has 0 spiro atoms. The Balaban J connectivity index is 1.36. The molecule has 0 heterocycles. The van der Waals surface area contributed by atoms with Crippen LogP contribution in [0.2, 0.25) is 0 Å². The van der Waals surface area contributed by atoms with Crippen LogP contribution < -0.4 is 20.1 Å². The van der Waals surface area contributed by atoms with Crippen LogP contribution in [0.25, 0.3) is 0 Å². The molecule has 2 N–H and O–H groups in total. The van der Waals surface area contributed by atoms with Gasteiger partial charge < -0.3 is 24.8 Å². The molecule has 0 fully saturated rings. The standard InChI is InChI=1S/C27H27N3O8/c1-18-10-11-20(16-22(18)30(34)35)29-26(32)17-37-27(33)9-5-8-25(31)28-19-12-14-21(15-13-19)38-24-7-4-3-6-23(24)36-2/h3-4,6-7,10-16H,5,8-9,17H2,1-2H3,(H,28,31)(H,29,32). The average Bonchev–Trinajstić information content (AvgIpc) is 2.90. The number of hydrogen-bond donors (Lipinski definition) is 2. The van der Waals surface area contributed by atoms with Gasteiger partial charge in [0.05, 0.1) is 12.0 Å². The first kappa shape index (κ1) is 27.7. The summed E-state index contributed by atoms with van der Waals surface area (Å²) in [4.78, 5) is 46.6. The van der Waals surface area contributed by atoms with Crippen LogP contribution in [0, 0.1) is 17.0 Å². The third kappa shape index (κ3) is 8.33. The molecule has 2 amide bonds. The SMILES string of the molecule is COc1ccccc1Oc1ccc(NC(=O)CCCC(=O)OCC(=O)Nc2ccc(C)c([N+](=O)[O-])c2)cc1. The quantitative estimate of drug-likeness (QED) is 0.192. The fraction of sp³-hybridized carbons (Fsp3) is 0.222. The summed E-state index contributed by atoms with van der Waals surface area (Å²) in [5.41, 5.74) is 1.12. The summed E-state index contributed by atoms with van der Waals surface area (Å²) in [6, 6.07) is 18.3. The Morgan fingerprint density at radius 1 is 0.868 bits per heavy atom. The van der Waals surface area contributed by atoms with Gasteiger partial charge in [0.25, 0.3) is 11.6 Å². The fourth-order valence-electron chi connectivity index (χ4n) is 3.35. The van der Waals surface area contributed by atoms with Gasteiger partial charge in [-0.15, -0.1) is 0 Å². The van der Waals surface area contributed by atoms with Crippen molar-refractivity contribution in [1.29, 1.82) is 0 Å². The minimum absolute atomic E-state index is 0.0532. The van der Waals surface area contributed by atoms with Crippen molar-refractivity contribution in [2.24, 2.45) is 0 Å². The largest absolute Gasteiger partial charge is 0.493 e. The lowest BCUT2D eigenvalue weighted by atomic mass is 10.2. The monoisotopic (exact) mass is 521 g/mol. The summed E-state index contributed by atoms with van der Waals surface area (Å²) in [5.74, 6) is 0.180. The van der Waals surface area contributed by atoms with Gasteiger partial charge in [0.15, 0.2) is 18.1 Å². The van der Waals surface area contributed by atoms with E-state index in [9.17, 15) is 24.5 Å². The molecule has 0 aromatic heterocycles. The van der Waals surface area contributed by atoms with Crippen LogP contribution in [-0.2, 0) is 19.1 Å².